The molecule has 4 atom stereocenters. The minimum Gasteiger partial charge on any atom is -0.466 e. The number of piperazine rings is 1. The molecule has 4 unspecified atom stereocenters. The average molecular weight is 1260 g/mol. The van der Waals surface area contributed by atoms with Gasteiger partial charge in [-0.3, -0.25) is 43.6 Å². The van der Waals surface area contributed by atoms with Gasteiger partial charge in [-0.25, -0.2) is 0 Å². The molecule has 0 saturated carbocycles. The van der Waals surface area contributed by atoms with E-state index in [2.05, 4.69) is 61.1 Å². The van der Waals surface area contributed by atoms with Crippen LogP contribution in [0.15, 0.2) is 0 Å². The summed E-state index contributed by atoms with van der Waals surface area (Å²) in [5, 5.41) is 44.0. The van der Waals surface area contributed by atoms with E-state index in [1.807, 2.05) is 21.6 Å². The molecule has 86 heavy (non-hydrogen) atoms. The second-order valence-corrected chi connectivity index (χ2v) is 27.5. The Labute approximate surface area is 530 Å². The highest BCUT2D eigenvalue weighted by molar-refractivity contribution is 8.76. The largest absolute Gasteiger partial charge is 0.466 e. The Kier molecular flexibility index (Phi) is 53.9. The maximum absolute atomic E-state index is 12.8. The lowest BCUT2D eigenvalue weighted by molar-refractivity contribution is -0.145. The van der Waals surface area contributed by atoms with Gasteiger partial charge in [-0.2, -0.15) is 0 Å². The van der Waals surface area contributed by atoms with Gasteiger partial charge in [0.15, 0.2) is 0 Å². The minimum absolute atomic E-state index is 0.136. The first-order valence-electron chi connectivity index (χ1n) is 34.1. The number of aliphatic hydroxyl groups excluding tert-OH is 4. The summed E-state index contributed by atoms with van der Waals surface area (Å²) in [6.45, 7) is 23.5. The molecule has 0 radical (unpaired) electrons. The zero-order valence-corrected chi connectivity index (χ0v) is 56.7. The van der Waals surface area contributed by atoms with Gasteiger partial charge < -0.3 is 44.1 Å². The van der Waals surface area contributed by atoms with Crippen LogP contribution >= 0.6 is 21.6 Å². The van der Waals surface area contributed by atoms with Crippen molar-refractivity contribution in [3.63, 3.8) is 0 Å². The first-order chi connectivity index (χ1) is 41.5. The van der Waals surface area contributed by atoms with Crippen LogP contribution in [0.25, 0.3) is 0 Å². The second-order valence-electron chi connectivity index (χ2n) is 24.8. The molecule has 0 aromatic rings. The topological polar surface area (TPSA) is 225 Å². The predicted octanol–water partition coefficient (Wildman–Crippen LogP) is 10.8. The SMILES string of the molecule is CCCCOC(=O)CCCCCCC(O)CN(CCCCC(=O)OCCN1CCN(CCSSCCCN(CC(O)CCCCC(=O)OCCC(C)C)CC(O)CCCCC(=O)OCCC(C)C)CC1)CC(O)CCCCCCC(=O)OCCCC. The Morgan fingerprint density at radius 2 is 0.686 bits per heavy atom. The summed E-state index contributed by atoms with van der Waals surface area (Å²) in [7, 11) is 3.74. The van der Waals surface area contributed by atoms with Crippen LogP contribution in [0.5, 0.6) is 0 Å². The minimum atomic E-state index is -0.559. The van der Waals surface area contributed by atoms with Gasteiger partial charge in [-0.05, 0) is 121 Å². The number of hydrogen-bond donors (Lipinski definition) is 4. The summed E-state index contributed by atoms with van der Waals surface area (Å²) in [5.41, 5.74) is 0. The molecule has 1 fully saturated rings. The monoisotopic (exact) mass is 1260 g/mol. The van der Waals surface area contributed by atoms with Crippen molar-refractivity contribution < 1.29 is 68.1 Å². The normalized spacial score (nSPS) is 14.7. The molecule has 1 aliphatic heterocycles. The number of nitrogens with zero attached hydrogens (tertiary/aromatic N) is 4. The van der Waals surface area contributed by atoms with Crippen LogP contribution < -0.4 is 0 Å². The third-order valence-corrected chi connectivity index (χ3v) is 18.0. The molecular formula is C66H126N4O14S2. The van der Waals surface area contributed by atoms with Crippen LogP contribution in [0.4, 0.5) is 0 Å². The molecule has 0 amide bonds. The summed E-state index contributed by atoms with van der Waals surface area (Å²) < 4.78 is 26.9. The molecule has 0 aliphatic carbocycles. The predicted molar refractivity (Wildman–Crippen MR) is 349 cm³/mol. The van der Waals surface area contributed by atoms with Crippen molar-refractivity contribution in [2.75, 3.05) is 123 Å². The molecule has 18 nitrogen and oxygen atoms in total. The zero-order chi connectivity index (χ0) is 63.3. The second kappa shape index (κ2) is 56.7. The van der Waals surface area contributed by atoms with Gasteiger partial charge in [-0.1, -0.05) is 127 Å². The van der Waals surface area contributed by atoms with Crippen LogP contribution in [0.1, 0.15) is 234 Å². The first kappa shape index (κ1) is 81.7. The molecule has 1 aliphatic rings. The molecular weight excluding hydrogens is 1140 g/mol. The summed E-state index contributed by atoms with van der Waals surface area (Å²) in [6.07, 6.45) is 19.7. The highest BCUT2D eigenvalue weighted by atomic mass is 33.1. The Balaban J connectivity index is 2.44. The summed E-state index contributed by atoms with van der Waals surface area (Å²) in [6, 6.07) is 0. The highest BCUT2D eigenvalue weighted by Crippen LogP contribution is 2.23. The molecule has 0 aromatic carbocycles. The third-order valence-electron chi connectivity index (χ3n) is 15.5. The fourth-order valence-corrected chi connectivity index (χ4v) is 12.1. The van der Waals surface area contributed by atoms with E-state index in [1.54, 1.807) is 0 Å². The number of carbonyl (C=O) groups is 5. The summed E-state index contributed by atoms with van der Waals surface area (Å²) >= 11 is 0. The van der Waals surface area contributed by atoms with Gasteiger partial charge in [0.25, 0.3) is 0 Å². The number of unbranched alkanes of at least 4 members (excludes halogenated alkanes) is 11. The number of carbonyl (C=O) groups excluding carboxylic acids is 5. The maximum atomic E-state index is 12.8. The van der Waals surface area contributed by atoms with Crippen molar-refractivity contribution in [2.45, 2.75) is 259 Å². The highest BCUT2D eigenvalue weighted by Gasteiger charge is 2.21. The summed E-state index contributed by atoms with van der Waals surface area (Å²) in [4.78, 5) is 70.0. The Morgan fingerprint density at radius 1 is 0.372 bits per heavy atom. The van der Waals surface area contributed by atoms with E-state index in [0.717, 1.165) is 166 Å². The fraction of sp³-hybridized carbons (Fsp3) is 0.924. The van der Waals surface area contributed by atoms with Crippen LogP contribution in [-0.2, 0) is 47.7 Å². The Morgan fingerprint density at radius 3 is 1.08 bits per heavy atom. The van der Waals surface area contributed by atoms with Gasteiger partial charge in [-0.15, -0.1) is 0 Å². The number of aliphatic hydroxyl groups is 4. The van der Waals surface area contributed by atoms with Gasteiger partial charge in [0.2, 0.25) is 0 Å². The molecule has 1 saturated heterocycles. The third kappa shape index (κ3) is 52.5. The maximum Gasteiger partial charge on any atom is 0.305 e. The lowest BCUT2D eigenvalue weighted by Crippen LogP contribution is -2.47. The van der Waals surface area contributed by atoms with Crippen LogP contribution in [-0.4, -0.2) is 217 Å². The Bertz CT molecular complexity index is 1570. The lowest BCUT2D eigenvalue weighted by Gasteiger charge is -2.34. The van der Waals surface area contributed by atoms with Crippen LogP contribution in [0, 0.1) is 11.8 Å². The molecule has 1 rings (SSSR count). The van der Waals surface area contributed by atoms with E-state index in [-0.39, 0.29) is 29.8 Å². The van der Waals surface area contributed by atoms with E-state index >= 15 is 0 Å². The van der Waals surface area contributed by atoms with Gasteiger partial charge in [0.05, 0.1) is 50.8 Å². The molecule has 1 heterocycles. The smallest absolute Gasteiger partial charge is 0.305 e. The van der Waals surface area contributed by atoms with Crippen molar-refractivity contribution >= 4 is 51.4 Å². The number of hydrogen-bond acceptors (Lipinski definition) is 20. The van der Waals surface area contributed by atoms with Gasteiger partial charge in [0, 0.05) is 109 Å². The van der Waals surface area contributed by atoms with Crippen molar-refractivity contribution in [3.05, 3.63) is 0 Å². The standard InChI is InChI=1S/C66H126N4O14S2/c1-7-9-45-80-62(75)30-17-13-11-15-26-58(71)52-69(53-59(72)27-16-12-14-18-31-63(76)81-46-10-8-2)37-24-23-34-66(79)84-49-43-67-39-41-68(42-40-67)44-51-86-85-50-25-38-70(54-60(73)28-19-21-32-64(77)82-47-35-56(3)4)55-61(74)29-20-22-33-65(78)83-48-36-57(5)6/h56-61,71-74H,7-55H2,1-6H3. The molecule has 20 heteroatoms. The van der Waals surface area contributed by atoms with Crippen molar-refractivity contribution in [2.24, 2.45) is 11.8 Å². The number of ether oxygens (including phenoxy) is 5. The van der Waals surface area contributed by atoms with E-state index in [9.17, 15) is 44.4 Å². The van der Waals surface area contributed by atoms with Crippen molar-refractivity contribution in [1.29, 1.82) is 0 Å². The first-order valence-corrected chi connectivity index (χ1v) is 36.6. The number of esters is 5. The molecule has 0 spiro atoms. The lowest BCUT2D eigenvalue weighted by atomic mass is 10.1. The average Bonchev–Trinajstić information content (AvgIpc) is 3.57. The molecule has 0 bridgehead atoms. The van der Waals surface area contributed by atoms with Crippen LogP contribution in [0.3, 0.4) is 0 Å². The van der Waals surface area contributed by atoms with E-state index < -0.39 is 24.4 Å². The van der Waals surface area contributed by atoms with E-state index in [1.165, 1.54) is 0 Å². The van der Waals surface area contributed by atoms with Crippen LogP contribution in [0.2, 0.25) is 0 Å². The van der Waals surface area contributed by atoms with E-state index in [4.69, 9.17) is 23.7 Å². The summed E-state index contributed by atoms with van der Waals surface area (Å²) in [5.74, 6) is 2.11. The van der Waals surface area contributed by atoms with E-state index in [0.29, 0.717) is 161 Å². The fourth-order valence-electron chi connectivity index (χ4n) is 9.98. The van der Waals surface area contributed by atoms with Crippen molar-refractivity contribution in [1.82, 2.24) is 19.6 Å². The van der Waals surface area contributed by atoms with Gasteiger partial charge >= 0.3 is 29.8 Å². The quantitative estimate of drug-likeness (QED) is 0.0192. The van der Waals surface area contributed by atoms with Gasteiger partial charge in [0.1, 0.15) is 6.61 Å². The Hall–Kier alpha value is -2.27. The molecule has 506 valence electrons. The molecule has 0 aromatic heterocycles. The number of rotatable bonds is 60. The molecule has 4 N–H and O–H groups in total. The zero-order valence-electron chi connectivity index (χ0n) is 55.1. The van der Waals surface area contributed by atoms with Crippen molar-refractivity contribution in [3.8, 4) is 0 Å².